The maximum absolute atomic E-state index is 11.6. The molecule has 1 aromatic carbocycles. The summed E-state index contributed by atoms with van der Waals surface area (Å²) in [6.45, 7) is 5.73. The Hall–Kier alpha value is -1.18. The highest BCUT2D eigenvalue weighted by atomic mass is 32.2. The number of thiocarbonyl (C=S) groups is 1. The van der Waals surface area contributed by atoms with E-state index in [2.05, 4.69) is 29.3 Å². The van der Waals surface area contributed by atoms with Crippen LogP contribution in [0, 0.1) is 6.92 Å². The first kappa shape index (κ1) is 16.7. The zero-order valence-corrected chi connectivity index (χ0v) is 15.0. The van der Waals surface area contributed by atoms with Crippen molar-refractivity contribution in [3.63, 3.8) is 0 Å². The summed E-state index contributed by atoms with van der Waals surface area (Å²) in [5.74, 6) is 0.715. The Morgan fingerprint density at radius 1 is 1.35 bits per heavy atom. The Balaban J connectivity index is 1.51. The minimum absolute atomic E-state index is 0.278. The number of quaternary nitrogens is 1. The third-order valence-electron chi connectivity index (χ3n) is 4.77. The van der Waals surface area contributed by atoms with Crippen LogP contribution in [0.5, 0.6) is 0 Å². The fourth-order valence-corrected chi connectivity index (χ4v) is 5.57. The van der Waals surface area contributed by atoms with Crippen LogP contribution in [0.15, 0.2) is 24.3 Å². The first-order valence-electron chi connectivity index (χ1n) is 8.10. The Bertz CT molecular complexity index is 682. The van der Waals surface area contributed by atoms with Gasteiger partial charge < -0.3 is 15.1 Å². The predicted octanol–water partition coefficient (Wildman–Crippen LogP) is 0.0794. The molecule has 0 saturated carbocycles. The molecule has 0 bridgehead atoms. The Morgan fingerprint density at radius 3 is 2.70 bits per heavy atom. The van der Waals surface area contributed by atoms with Gasteiger partial charge in [-0.15, -0.1) is 0 Å². The highest BCUT2D eigenvalue weighted by molar-refractivity contribution is 7.91. The number of nitrogens with one attached hydrogen (secondary N) is 2. The quantitative estimate of drug-likeness (QED) is 0.737. The van der Waals surface area contributed by atoms with Crippen molar-refractivity contribution in [3.05, 3.63) is 29.8 Å². The Morgan fingerprint density at radius 2 is 2.09 bits per heavy atom. The monoisotopic (exact) mass is 354 g/mol. The van der Waals surface area contributed by atoms with Gasteiger partial charge in [-0.3, -0.25) is 0 Å². The summed E-state index contributed by atoms with van der Waals surface area (Å²) >= 11 is 5.52. The molecule has 1 atom stereocenters. The second kappa shape index (κ2) is 6.75. The van der Waals surface area contributed by atoms with Gasteiger partial charge in [0.25, 0.3) is 0 Å². The fraction of sp³-hybridized carbons (Fsp3) is 0.562. The molecule has 1 aromatic rings. The van der Waals surface area contributed by atoms with Crippen LogP contribution in [0.1, 0.15) is 12.0 Å². The first-order chi connectivity index (χ1) is 10.9. The third kappa shape index (κ3) is 4.22. The number of rotatable bonds is 2. The molecule has 126 valence electrons. The lowest BCUT2D eigenvalue weighted by Gasteiger charge is -2.36. The van der Waals surface area contributed by atoms with Crippen LogP contribution < -0.4 is 10.2 Å². The minimum atomic E-state index is -2.79. The molecule has 0 aliphatic carbocycles. The number of hydrogen-bond acceptors (Lipinski definition) is 3. The van der Waals surface area contributed by atoms with Crippen LogP contribution in [-0.4, -0.2) is 62.2 Å². The molecule has 3 rings (SSSR count). The maximum Gasteiger partial charge on any atom is 0.173 e. The molecule has 0 spiro atoms. The van der Waals surface area contributed by atoms with Crippen molar-refractivity contribution in [2.45, 2.75) is 19.4 Å². The van der Waals surface area contributed by atoms with E-state index in [-0.39, 0.29) is 6.04 Å². The zero-order valence-electron chi connectivity index (χ0n) is 13.4. The van der Waals surface area contributed by atoms with Gasteiger partial charge in [-0.05, 0) is 36.8 Å². The van der Waals surface area contributed by atoms with Gasteiger partial charge in [0, 0.05) is 12.1 Å². The first-order valence-corrected chi connectivity index (χ1v) is 10.3. The van der Waals surface area contributed by atoms with E-state index >= 15 is 0 Å². The summed E-state index contributed by atoms with van der Waals surface area (Å²) in [7, 11) is -2.79. The van der Waals surface area contributed by atoms with Gasteiger partial charge in [-0.1, -0.05) is 12.1 Å². The molecule has 23 heavy (non-hydrogen) atoms. The normalized spacial score (nSPS) is 24.6. The van der Waals surface area contributed by atoms with Gasteiger partial charge in [0.05, 0.1) is 31.9 Å². The Labute approximate surface area is 143 Å². The van der Waals surface area contributed by atoms with E-state index in [9.17, 15) is 8.42 Å². The lowest BCUT2D eigenvalue weighted by Crippen LogP contribution is -3.18. The molecule has 5 nitrogen and oxygen atoms in total. The maximum atomic E-state index is 11.6. The van der Waals surface area contributed by atoms with Crippen LogP contribution in [0.4, 0.5) is 5.69 Å². The van der Waals surface area contributed by atoms with Gasteiger partial charge in [0.1, 0.15) is 11.8 Å². The van der Waals surface area contributed by atoms with Gasteiger partial charge in [0.2, 0.25) is 0 Å². The van der Waals surface area contributed by atoms with Gasteiger partial charge in [-0.2, -0.15) is 0 Å². The highest BCUT2D eigenvalue weighted by Crippen LogP contribution is 2.12. The van der Waals surface area contributed by atoms with Crippen LogP contribution in [0.25, 0.3) is 0 Å². The van der Waals surface area contributed by atoms with Crippen molar-refractivity contribution >= 4 is 32.9 Å². The molecule has 0 unspecified atom stereocenters. The van der Waals surface area contributed by atoms with Crippen LogP contribution in [-0.2, 0) is 9.84 Å². The number of piperazine rings is 1. The number of aryl methyl sites for hydroxylation is 1. The van der Waals surface area contributed by atoms with E-state index in [1.54, 1.807) is 0 Å². The molecule has 2 N–H and O–H groups in total. The van der Waals surface area contributed by atoms with E-state index in [0.717, 1.165) is 43.4 Å². The lowest BCUT2D eigenvalue weighted by atomic mass is 10.2. The van der Waals surface area contributed by atoms with Crippen molar-refractivity contribution in [1.29, 1.82) is 0 Å². The molecule has 7 heteroatoms. The van der Waals surface area contributed by atoms with E-state index in [1.165, 1.54) is 10.5 Å². The summed E-state index contributed by atoms with van der Waals surface area (Å²) in [6, 6.07) is 8.46. The van der Waals surface area contributed by atoms with Crippen molar-refractivity contribution in [2.75, 3.05) is 43.0 Å². The summed E-state index contributed by atoms with van der Waals surface area (Å²) in [6.07, 6.45) is 0.809. The summed E-state index contributed by atoms with van der Waals surface area (Å²) in [4.78, 5) is 3.60. The second-order valence-corrected chi connectivity index (χ2v) is 9.16. The number of sulfone groups is 1. The average Bonchev–Trinajstić information content (AvgIpc) is 2.87. The molecule has 0 aromatic heterocycles. The predicted molar refractivity (Wildman–Crippen MR) is 96.7 cm³/mol. The Kier molecular flexibility index (Phi) is 4.89. The number of hydrogen-bond donors (Lipinski definition) is 2. The standard InChI is InChI=1S/C16H23N3O2S2/c1-13-3-2-4-14(11-13)17-16(22)19-8-6-18(7-9-19)15-5-10-23(20,21)12-15/h2-4,11,15H,5-10,12H2,1H3,(H,17,22)/p+1/t15-/m0/s1. The molecule has 2 fully saturated rings. The van der Waals surface area contributed by atoms with Crippen molar-refractivity contribution in [3.8, 4) is 0 Å². The molecular formula is C16H24N3O2S2+. The van der Waals surface area contributed by atoms with Gasteiger partial charge in [0.15, 0.2) is 14.9 Å². The van der Waals surface area contributed by atoms with E-state index in [4.69, 9.17) is 12.2 Å². The molecule has 2 aliphatic heterocycles. The SMILES string of the molecule is Cc1cccc(NC(=S)N2CC[NH+]([C@H]3CCS(=O)(=O)C3)CC2)c1. The van der Waals surface area contributed by atoms with Crippen LogP contribution in [0.3, 0.4) is 0 Å². The number of nitrogens with zero attached hydrogens (tertiary/aromatic N) is 1. The summed E-state index contributed by atoms with van der Waals surface area (Å²) < 4.78 is 23.3. The van der Waals surface area contributed by atoms with Crippen molar-refractivity contribution in [1.82, 2.24) is 4.90 Å². The smallest absolute Gasteiger partial charge is 0.173 e. The van der Waals surface area contributed by atoms with E-state index in [1.807, 2.05) is 12.1 Å². The zero-order chi connectivity index (χ0) is 16.4. The van der Waals surface area contributed by atoms with Crippen molar-refractivity contribution in [2.24, 2.45) is 0 Å². The minimum Gasteiger partial charge on any atom is -0.338 e. The van der Waals surface area contributed by atoms with E-state index < -0.39 is 9.84 Å². The molecular weight excluding hydrogens is 330 g/mol. The van der Waals surface area contributed by atoms with E-state index in [0.29, 0.717) is 11.5 Å². The molecule has 2 saturated heterocycles. The van der Waals surface area contributed by atoms with Crippen LogP contribution >= 0.6 is 12.2 Å². The average molecular weight is 355 g/mol. The number of anilines is 1. The second-order valence-electron chi connectivity index (χ2n) is 6.54. The molecule has 2 heterocycles. The molecule has 2 aliphatic rings. The summed E-state index contributed by atoms with van der Waals surface area (Å²) in [5, 5.41) is 4.06. The van der Waals surface area contributed by atoms with Gasteiger partial charge >= 0.3 is 0 Å². The largest absolute Gasteiger partial charge is 0.338 e. The fourth-order valence-electron chi connectivity index (χ4n) is 3.45. The molecule has 0 radical (unpaired) electrons. The number of benzene rings is 1. The third-order valence-corrected chi connectivity index (χ3v) is 6.90. The highest BCUT2D eigenvalue weighted by Gasteiger charge is 2.37. The van der Waals surface area contributed by atoms with Crippen LogP contribution in [0.2, 0.25) is 0 Å². The van der Waals surface area contributed by atoms with Crippen molar-refractivity contribution < 1.29 is 13.3 Å². The summed E-state index contributed by atoms with van der Waals surface area (Å²) in [5.41, 5.74) is 2.22. The lowest BCUT2D eigenvalue weighted by molar-refractivity contribution is -0.925. The topological polar surface area (TPSA) is 53.9 Å². The van der Waals surface area contributed by atoms with Gasteiger partial charge in [-0.25, -0.2) is 8.42 Å². The molecule has 0 amide bonds.